The van der Waals surface area contributed by atoms with Crippen LogP contribution in [-0.4, -0.2) is 11.1 Å². The average molecular weight is 337 g/mol. The summed E-state index contributed by atoms with van der Waals surface area (Å²) in [7, 11) is 0. The van der Waals surface area contributed by atoms with Crippen molar-refractivity contribution in [3.63, 3.8) is 0 Å². The number of hydrogen-bond acceptors (Lipinski definition) is 4. The molecule has 7 heteroatoms. The van der Waals surface area contributed by atoms with Gasteiger partial charge in [-0.15, -0.1) is 0 Å². The molecule has 1 amide bonds. The summed E-state index contributed by atoms with van der Waals surface area (Å²) < 4.78 is 5.00. The summed E-state index contributed by atoms with van der Waals surface area (Å²) in [4.78, 5) is 14.0. The molecule has 1 N–H and O–H groups in total. The summed E-state index contributed by atoms with van der Waals surface area (Å²) in [6.45, 7) is 0. The highest BCUT2D eigenvalue weighted by molar-refractivity contribution is 8.19. The van der Waals surface area contributed by atoms with Crippen LogP contribution in [0.4, 0.5) is 5.69 Å². The van der Waals surface area contributed by atoms with E-state index in [4.69, 9.17) is 33.0 Å². The molecule has 1 saturated heterocycles. The van der Waals surface area contributed by atoms with Crippen molar-refractivity contribution in [2.45, 2.75) is 0 Å². The number of carbonyl (C=O) groups is 1. The number of carbonyl (C=O) groups excluding carboxylic acids is 1. The maximum Gasteiger partial charge on any atom is 0.271 e. The van der Waals surface area contributed by atoms with Crippen LogP contribution in [-0.2, 0) is 4.79 Å². The molecule has 0 atom stereocenters. The zero-order valence-electron chi connectivity index (χ0n) is 10.3. The van der Waals surface area contributed by atoms with E-state index in [0.29, 0.717) is 26.4 Å². The van der Waals surface area contributed by atoms with Gasteiger partial charge in [0.15, 0.2) is 5.17 Å². The van der Waals surface area contributed by atoms with Gasteiger partial charge in [0.25, 0.3) is 5.91 Å². The van der Waals surface area contributed by atoms with Crippen molar-refractivity contribution in [2.24, 2.45) is 0 Å². The Kier molecular flexibility index (Phi) is 3.68. The number of rotatable bonds is 2. The smallest absolute Gasteiger partial charge is 0.271 e. The summed E-state index contributed by atoms with van der Waals surface area (Å²) in [5.41, 5.74) is 0.421. The average Bonchev–Trinajstić information content (AvgIpc) is 3.02. The first-order valence-corrected chi connectivity index (χ1v) is 7.28. The minimum absolute atomic E-state index is 0.0648. The molecule has 0 radical (unpaired) electrons. The first-order chi connectivity index (χ1) is 10.1. The lowest BCUT2D eigenvalue weighted by Crippen LogP contribution is -2.28. The fraction of sp³-hybridized carbons (Fsp3) is 0. The van der Waals surface area contributed by atoms with Crippen molar-refractivity contribution >= 4 is 57.8 Å². The number of anilines is 1. The Morgan fingerprint density at radius 3 is 2.86 bits per heavy atom. The summed E-state index contributed by atoms with van der Waals surface area (Å²) in [6, 6.07) is 8.94. The van der Waals surface area contributed by atoms with Crippen molar-refractivity contribution in [3.8, 4) is 0 Å². The van der Waals surface area contributed by atoms with E-state index >= 15 is 0 Å². The molecule has 21 heavy (non-hydrogen) atoms. The number of nitrogens with zero attached hydrogens (tertiary/aromatic N) is 1. The van der Waals surface area contributed by atoms with Gasteiger partial charge in [0.2, 0.25) is 0 Å². The Morgan fingerprint density at radius 1 is 1.38 bits per heavy atom. The molecule has 0 bridgehead atoms. The fourth-order valence-electron chi connectivity index (χ4n) is 1.79. The van der Waals surface area contributed by atoms with E-state index in [2.05, 4.69) is 12.3 Å². The van der Waals surface area contributed by atoms with Gasteiger partial charge in [-0.3, -0.25) is 15.1 Å². The Labute approximate surface area is 134 Å². The summed E-state index contributed by atoms with van der Waals surface area (Å²) in [5.74, 6) is 0.105. The molecule has 0 aliphatic carbocycles. The van der Waals surface area contributed by atoms with E-state index in [0.717, 1.165) is 11.8 Å². The van der Waals surface area contributed by atoms with Crippen LogP contribution >= 0.6 is 35.0 Å². The summed E-state index contributed by atoms with van der Waals surface area (Å²) >= 11 is 13.0. The van der Waals surface area contributed by atoms with Crippen LogP contribution in [0.2, 0.25) is 10.0 Å². The monoisotopic (exact) mass is 336 g/mol. The van der Waals surface area contributed by atoms with Crippen LogP contribution < -0.4 is 4.90 Å². The number of halogens is 2. The second kappa shape index (κ2) is 5.49. The molecular weight excluding hydrogens is 331 g/mol. The lowest BCUT2D eigenvalue weighted by atomic mass is 10.3. The standard InChI is InChI=1S/C14H6Cl2N2O2S/c15-8-3-4-11(10(16)6-8)18-13(19)12(21-14(18)17)7-9-2-1-5-20-9/h2-4,6-7,17H/b12-7-,17-14?. The van der Waals surface area contributed by atoms with Crippen molar-refractivity contribution in [3.05, 3.63) is 57.3 Å². The number of nitrogens with one attached hydrogen (secondary N) is 1. The third kappa shape index (κ3) is 2.66. The molecule has 0 spiro atoms. The normalized spacial score (nSPS) is 16.7. The highest BCUT2D eigenvalue weighted by Crippen LogP contribution is 2.38. The SMILES string of the molecule is N=C1S/C(=C\c2cc#co2)C(=O)N1c1ccc(Cl)cc1Cl. The molecule has 1 fully saturated rings. The van der Waals surface area contributed by atoms with Crippen molar-refractivity contribution < 1.29 is 9.21 Å². The van der Waals surface area contributed by atoms with Gasteiger partial charge in [-0.05, 0) is 36.0 Å². The van der Waals surface area contributed by atoms with Gasteiger partial charge in [0, 0.05) is 17.2 Å². The second-order valence-corrected chi connectivity index (χ2v) is 5.92. The molecule has 104 valence electrons. The van der Waals surface area contributed by atoms with Gasteiger partial charge in [0.05, 0.1) is 15.6 Å². The minimum atomic E-state index is -0.342. The zero-order valence-corrected chi connectivity index (χ0v) is 12.6. The number of amides is 1. The van der Waals surface area contributed by atoms with Gasteiger partial charge in [-0.1, -0.05) is 23.2 Å². The maximum atomic E-state index is 12.4. The largest absolute Gasteiger partial charge is 0.406 e. The number of amidine groups is 1. The molecule has 1 aromatic heterocycles. The molecule has 1 aliphatic heterocycles. The Bertz CT molecular complexity index is 756. The number of hydrogen-bond donors (Lipinski definition) is 1. The molecule has 1 aliphatic rings. The Morgan fingerprint density at radius 2 is 2.19 bits per heavy atom. The third-order valence-corrected chi connectivity index (χ3v) is 4.12. The van der Waals surface area contributed by atoms with E-state index in [1.807, 2.05) is 0 Å². The van der Waals surface area contributed by atoms with Gasteiger partial charge < -0.3 is 4.42 Å². The maximum absolute atomic E-state index is 12.4. The van der Waals surface area contributed by atoms with Crippen LogP contribution in [0.15, 0.2) is 33.6 Å². The fourth-order valence-corrected chi connectivity index (χ4v) is 3.11. The third-order valence-electron chi connectivity index (χ3n) is 2.69. The van der Waals surface area contributed by atoms with Crippen LogP contribution in [0, 0.1) is 17.7 Å². The highest BCUT2D eigenvalue weighted by atomic mass is 35.5. The van der Waals surface area contributed by atoms with Gasteiger partial charge >= 0.3 is 0 Å². The predicted molar refractivity (Wildman–Crippen MR) is 83.6 cm³/mol. The molecule has 2 heterocycles. The number of benzene rings is 1. The molecule has 0 unspecified atom stereocenters. The van der Waals surface area contributed by atoms with E-state index in [1.165, 1.54) is 11.0 Å². The predicted octanol–water partition coefficient (Wildman–Crippen LogP) is 4.24. The molecule has 1 aromatic carbocycles. The van der Waals surface area contributed by atoms with Crippen LogP contribution in [0.1, 0.15) is 5.76 Å². The highest BCUT2D eigenvalue weighted by Gasteiger charge is 2.34. The van der Waals surface area contributed by atoms with Gasteiger partial charge in [-0.2, -0.15) is 0 Å². The minimum Gasteiger partial charge on any atom is -0.406 e. The first kappa shape index (κ1) is 14.1. The lowest BCUT2D eigenvalue weighted by Gasteiger charge is -2.16. The quantitative estimate of drug-likeness (QED) is 0.834. The first-order valence-electron chi connectivity index (χ1n) is 5.71. The summed E-state index contributed by atoms with van der Waals surface area (Å²) in [5, 5.41) is 8.81. The van der Waals surface area contributed by atoms with E-state index < -0.39 is 0 Å². The van der Waals surface area contributed by atoms with Crippen LogP contribution in [0.25, 0.3) is 6.08 Å². The number of thioether (sulfide) groups is 1. The second-order valence-electron chi connectivity index (χ2n) is 4.05. The topological polar surface area (TPSA) is 57.3 Å². The van der Waals surface area contributed by atoms with E-state index in [9.17, 15) is 4.79 Å². The molecule has 4 nitrogen and oxygen atoms in total. The Balaban J connectivity index is 1.98. The van der Waals surface area contributed by atoms with Crippen LogP contribution in [0.3, 0.4) is 0 Å². The Hall–Kier alpha value is -1.87. The van der Waals surface area contributed by atoms with Crippen LogP contribution in [0.5, 0.6) is 0 Å². The zero-order chi connectivity index (χ0) is 15.0. The van der Waals surface area contributed by atoms with Crippen molar-refractivity contribution in [1.82, 2.24) is 0 Å². The molecule has 3 rings (SSSR count). The van der Waals surface area contributed by atoms with Gasteiger partial charge in [0.1, 0.15) is 12.0 Å². The van der Waals surface area contributed by atoms with E-state index in [1.54, 1.807) is 24.3 Å². The van der Waals surface area contributed by atoms with Gasteiger partial charge in [-0.25, -0.2) is 0 Å². The molecule has 2 aromatic rings. The summed E-state index contributed by atoms with van der Waals surface area (Å²) in [6.07, 6.45) is 3.96. The van der Waals surface area contributed by atoms with Crippen molar-refractivity contribution in [2.75, 3.05) is 4.90 Å². The van der Waals surface area contributed by atoms with Crippen molar-refractivity contribution in [1.29, 1.82) is 5.41 Å². The lowest BCUT2D eigenvalue weighted by molar-refractivity contribution is -0.113. The van der Waals surface area contributed by atoms with E-state index in [-0.39, 0.29) is 11.1 Å². The molecule has 0 saturated carbocycles. The molecular formula is C14H6Cl2N2O2S.